The Morgan fingerprint density at radius 2 is 1.82 bits per heavy atom. The van der Waals surface area contributed by atoms with Crippen molar-refractivity contribution in [2.24, 2.45) is 0 Å². The number of carbonyl (C=O) groups excluding carboxylic acids is 2. The second kappa shape index (κ2) is 11.2. The minimum absolute atomic E-state index is 0.0718. The van der Waals surface area contributed by atoms with Gasteiger partial charge in [-0.3, -0.25) is 0 Å². The van der Waals surface area contributed by atoms with Crippen LogP contribution in [-0.2, 0) is 23.7 Å². The largest absolute Gasteiger partial charge is 0.464 e. The Bertz CT molecular complexity index is 221. The van der Waals surface area contributed by atoms with Gasteiger partial charge in [0, 0.05) is 6.54 Å². The third-order valence-electron chi connectivity index (χ3n) is 1.60. The van der Waals surface area contributed by atoms with Crippen molar-refractivity contribution in [3.63, 3.8) is 0 Å². The number of rotatable bonds is 9. The first-order valence-electron chi connectivity index (χ1n) is 5.33. The van der Waals surface area contributed by atoms with Crippen LogP contribution in [0.1, 0.15) is 6.92 Å². The zero-order valence-electron chi connectivity index (χ0n) is 10.2. The fourth-order valence-electron chi connectivity index (χ4n) is 0.876. The van der Waals surface area contributed by atoms with Crippen LogP contribution in [0.5, 0.6) is 0 Å². The molecule has 0 aromatic rings. The highest BCUT2D eigenvalue weighted by Gasteiger charge is 2.00. The number of nitrogens with one attached hydrogen (secondary N) is 1. The first kappa shape index (κ1) is 15.7. The lowest BCUT2D eigenvalue weighted by Crippen LogP contribution is -2.27. The van der Waals surface area contributed by atoms with Crippen molar-refractivity contribution in [2.75, 3.05) is 46.7 Å². The molecule has 0 saturated heterocycles. The molecule has 0 bridgehead atoms. The molecule has 100 valence electrons. The third-order valence-corrected chi connectivity index (χ3v) is 1.60. The van der Waals surface area contributed by atoms with Crippen LogP contribution in [0.25, 0.3) is 0 Å². The molecule has 7 nitrogen and oxygen atoms in total. The molecule has 0 spiro atoms. The van der Waals surface area contributed by atoms with E-state index >= 15 is 0 Å². The summed E-state index contributed by atoms with van der Waals surface area (Å²) in [5, 5.41) is 2.46. The molecular weight excluding hydrogens is 230 g/mol. The lowest BCUT2D eigenvalue weighted by atomic mass is 10.6. The maximum atomic E-state index is 10.8. The molecule has 0 rings (SSSR count). The maximum Gasteiger partial charge on any atom is 0.406 e. The molecule has 1 N–H and O–H groups in total. The van der Waals surface area contributed by atoms with Crippen molar-refractivity contribution < 1.29 is 28.5 Å². The molecule has 0 fully saturated rings. The fourth-order valence-corrected chi connectivity index (χ4v) is 0.876. The van der Waals surface area contributed by atoms with E-state index in [1.807, 2.05) is 0 Å². The first-order valence-corrected chi connectivity index (χ1v) is 5.33. The summed E-state index contributed by atoms with van der Waals surface area (Å²) in [7, 11) is 1.29. The highest BCUT2D eigenvalue weighted by molar-refractivity contribution is 5.70. The molecule has 7 heteroatoms. The van der Waals surface area contributed by atoms with Gasteiger partial charge in [-0.05, 0) is 6.92 Å². The smallest absolute Gasteiger partial charge is 0.406 e. The van der Waals surface area contributed by atoms with Gasteiger partial charge in [0.1, 0.15) is 6.61 Å². The molecule has 0 unspecified atom stereocenters. The monoisotopic (exact) mass is 249 g/mol. The van der Waals surface area contributed by atoms with Crippen molar-refractivity contribution in [3.8, 4) is 0 Å². The van der Waals surface area contributed by atoms with Gasteiger partial charge in [0.2, 0.25) is 0 Å². The van der Waals surface area contributed by atoms with Gasteiger partial charge in [0.15, 0.2) is 0 Å². The Balaban J connectivity index is 3.13. The Morgan fingerprint density at radius 3 is 2.47 bits per heavy atom. The molecule has 1 amide bonds. The van der Waals surface area contributed by atoms with Crippen LogP contribution >= 0.6 is 0 Å². The normalized spacial score (nSPS) is 9.76. The number of carbonyl (C=O) groups is 2. The predicted octanol–water partition coefficient (Wildman–Crippen LogP) is -0.0613. The van der Waals surface area contributed by atoms with Gasteiger partial charge >= 0.3 is 12.1 Å². The van der Waals surface area contributed by atoms with E-state index in [2.05, 4.69) is 14.8 Å². The van der Waals surface area contributed by atoms with Gasteiger partial charge in [0.25, 0.3) is 0 Å². The van der Waals surface area contributed by atoms with E-state index in [1.54, 1.807) is 6.92 Å². The topological polar surface area (TPSA) is 83.1 Å². The number of methoxy groups -OCH3 is 1. The van der Waals surface area contributed by atoms with Crippen LogP contribution in [0, 0.1) is 0 Å². The van der Waals surface area contributed by atoms with Crippen LogP contribution in [0.2, 0.25) is 0 Å². The highest BCUT2D eigenvalue weighted by atomic mass is 16.6. The quantitative estimate of drug-likeness (QED) is 0.455. The summed E-state index contributed by atoms with van der Waals surface area (Å²) in [6.45, 7) is 3.38. The van der Waals surface area contributed by atoms with Gasteiger partial charge in [0.05, 0.1) is 33.5 Å². The van der Waals surface area contributed by atoms with Crippen molar-refractivity contribution in [2.45, 2.75) is 6.92 Å². The molecule has 0 aliphatic rings. The van der Waals surface area contributed by atoms with E-state index in [-0.39, 0.29) is 12.6 Å². The number of amides is 1. The lowest BCUT2D eigenvalue weighted by molar-refractivity contribution is -0.148. The minimum Gasteiger partial charge on any atom is -0.464 e. The van der Waals surface area contributed by atoms with Gasteiger partial charge < -0.3 is 24.3 Å². The van der Waals surface area contributed by atoms with Gasteiger partial charge in [-0.1, -0.05) is 0 Å². The average Bonchev–Trinajstić information content (AvgIpc) is 2.32. The fraction of sp³-hybridized carbons (Fsp3) is 0.800. The van der Waals surface area contributed by atoms with Crippen LogP contribution in [0.4, 0.5) is 4.79 Å². The van der Waals surface area contributed by atoms with E-state index in [4.69, 9.17) is 9.47 Å². The lowest BCUT2D eigenvalue weighted by Gasteiger charge is -2.06. The zero-order valence-corrected chi connectivity index (χ0v) is 10.2. The van der Waals surface area contributed by atoms with Crippen LogP contribution < -0.4 is 5.32 Å². The molecular formula is C10H19NO6. The van der Waals surface area contributed by atoms with E-state index < -0.39 is 6.09 Å². The maximum absolute atomic E-state index is 10.8. The van der Waals surface area contributed by atoms with Crippen LogP contribution in [0.3, 0.4) is 0 Å². The van der Waals surface area contributed by atoms with Crippen molar-refractivity contribution in [1.29, 1.82) is 0 Å². The van der Waals surface area contributed by atoms with E-state index in [1.165, 1.54) is 7.11 Å². The van der Waals surface area contributed by atoms with E-state index in [9.17, 15) is 9.59 Å². The molecule has 0 aromatic carbocycles. The predicted molar refractivity (Wildman–Crippen MR) is 58.7 cm³/mol. The molecule has 0 aliphatic carbocycles. The average molecular weight is 249 g/mol. The SMILES string of the molecule is CCOC(=O)COCCOCCNC(=O)OC. The summed E-state index contributed by atoms with van der Waals surface area (Å²) < 4.78 is 19.1. The van der Waals surface area contributed by atoms with Gasteiger partial charge in [-0.15, -0.1) is 0 Å². The number of hydrogen-bond acceptors (Lipinski definition) is 6. The number of ether oxygens (including phenoxy) is 4. The standard InChI is InChI=1S/C10H19NO6/c1-3-17-9(12)8-16-7-6-15-5-4-11-10(13)14-2/h3-8H2,1-2H3,(H,11,13). The van der Waals surface area contributed by atoms with Gasteiger partial charge in [-0.2, -0.15) is 0 Å². The van der Waals surface area contributed by atoms with Crippen LogP contribution in [-0.4, -0.2) is 58.8 Å². The number of alkyl carbamates (subject to hydrolysis) is 1. The van der Waals surface area contributed by atoms with E-state index in [0.29, 0.717) is 33.0 Å². The van der Waals surface area contributed by atoms with Crippen molar-refractivity contribution in [3.05, 3.63) is 0 Å². The van der Waals surface area contributed by atoms with Crippen LogP contribution in [0.15, 0.2) is 0 Å². The Morgan fingerprint density at radius 1 is 1.12 bits per heavy atom. The number of hydrogen-bond donors (Lipinski definition) is 1. The first-order chi connectivity index (χ1) is 8.20. The molecule has 0 atom stereocenters. The number of esters is 1. The molecule has 0 radical (unpaired) electrons. The molecule has 0 aliphatic heterocycles. The molecule has 17 heavy (non-hydrogen) atoms. The summed E-state index contributed by atoms with van der Waals surface area (Å²) >= 11 is 0. The Labute approximate surface area is 100 Å². The molecule has 0 aromatic heterocycles. The summed E-state index contributed by atoms with van der Waals surface area (Å²) in [6, 6.07) is 0. The Kier molecular flexibility index (Phi) is 10.3. The van der Waals surface area contributed by atoms with Gasteiger partial charge in [-0.25, -0.2) is 9.59 Å². The second-order valence-corrected chi connectivity index (χ2v) is 2.89. The second-order valence-electron chi connectivity index (χ2n) is 2.89. The highest BCUT2D eigenvalue weighted by Crippen LogP contribution is 1.83. The summed E-state index contributed by atoms with van der Waals surface area (Å²) in [6.07, 6.45) is -0.493. The summed E-state index contributed by atoms with van der Waals surface area (Å²) in [5.41, 5.74) is 0. The van der Waals surface area contributed by atoms with Crippen molar-refractivity contribution in [1.82, 2.24) is 5.32 Å². The van der Waals surface area contributed by atoms with Crippen molar-refractivity contribution >= 4 is 12.1 Å². The summed E-state index contributed by atoms with van der Waals surface area (Å²) in [4.78, 5) is 21.5. The third kappa shape index (κ3) is 10.9. The zero-order chi connectivity index (χ0) is 12.9. The summed E-state index contributed by atoms with van der Waals surface area (Å²) in [5.74, 6) is -0.389. The molecule has 0 heterocycles. The Hall–Kier alpha value is -1.34. The van der Waals surface area contributed by atoms with E-state index in [0.717, 1.165) is 0 Å². The minimum atomic E-state index is -0.493. The molecule has 0 saturated carbocycles.